The molecule has 4 aromatic rings. The van der Waals surface area contributed by atoms with Gasteiger partial charge < -0.3 is 10.1 Å². The number of alkyl halides is 4. The van der Waals surface area contributed by atoms with Crippen LogP contribution in [0.3, 0.4) is 0 Å². The molecule has 0 spiro atoms. The fourth-order valence-electron chi connectivity index (χ4n) is 4.91. The van der Waals surface area contributed by atoms with E-state index in [2.05, 4.69) is 20.2 Å². The molecule has 1 aliphatic heterocycles. The number of halogens is 6. The van der Waals surface area contributed by atoms with E-state index in [-0.39, 0.29) is 34.6 Å². The Kier molecular flexibility index (Phi) is 9.82. The molecule has 0 aliphatic carbocycles. The van der Waals surface area contributed by atoms with Gasteiger partial charge in [0.15, 0.2) is 17.5 Å². The summed E-state index contributed by atoms with van der Waals surface area (Å²) in [4.78, 5) is 48.5. The number of amides is 2. The fourth-order valence-corrected chi connectivity index (χ4v) is 5.24. The molecule has 1 aliphatic rings. The molecule has 2 amide bonds. The topological polar surface area (TPSA) is 142 Å². The highest BCUT2D eigenvalue weighted by atomic mass is 35.5. The largest absolute Gasteiger partial charge is 0.444 e. The Balaban J connectivity index is 1.45. The number of rotatable bonds is 8. The molecule has 13 nitrogen and oxygen atoms in total. The maximum atomic E-state index is 14.5. The molecular weight excluding hydrogens is 685 g/mol. The van der Waals surface area contributed by atoms with E-state index in [9.17, 15) is 31.9 Å². The van der Waals surface area contributed by atoms with Crippen molar-refractivity contribution >= 4 is 35.2 Å². The molecule has 0 bridgehead atoms. The van der Waals surface area contributed by atoms with Crippen LogP contribution in [0.5, 0.6) is 0 Å². The van der Waals surface area contributed by atoms with Gasteiger partial charge in [0.05, 0.1) is 18.1 Å². The number of carbonyl (C=O) groups excluding carboxylic acids is 2. The zero-order chi connectivity index (χ0) is 35.0. The molecule has 1 N–H and O–H groups in total. The van der Waals surface area contributed by atoms with E-state index in [0.29, 0.717) is 5.02 Å². The van der Waals surface area contributed by atoms with Crippen molar-refractivity contribution in [3.05, 3.63) is 75.3 Å². The second-order valence-corrected chi connectivity index (χ2v) is 12.7. The number of hydrogen-bond donors (Lipinski definition) is 1. The molecular formula is C29H29Cl2F4N9O4. The summed E-state index contributed by atoms with van der Waals surface area (Å²) < 4.78 is 65.9. The van der Waals surface area contributed by atoms with E-state index < -0.39 is 67.2 Å². The van der Waals surface area contributed by atoms with Gasteiger partial charge in [-0.25, -0.2) is 33.3 Å². The highest BCUT2D eigenvalue weighted by Crippen LogP contribution is 2.27. The molecule has 0 saturated carbocycles. The van der Waals surface area contributed by atoms with Gasteiger partial charge in [-0.2, -0.15) is 13.2 Å². The number of benzene rings is 1. The number of ether oxygens (including phenoxy) is 1. The predicted molar refractivity (Wildman–Crippen MR) is 164 cm³/mol. The summed E-state index contributed by atoms with van der Waals surface area (Å²) in [7, 11) is 0. The van der Waals surface area contributed by atoms with Crippen LogP contribution in [0.25, 0.3) is 17.2 Å². The van der Waals surface area contributed by atoms with Crippen molar-refractivity contribution in [1.29, 1.82) is 0 Å². The van der Waals surface area contributed by atoms with Crippen LogP contribution in [-0.2, 0) is 22.6 Å². The Morgan fingerprint density at radius 2 is 1.79 bits per heavy atom. The minimum atomic E-state index is -5.08. The van der Waals surface area contributed by atoms with Crippen LogP contribution in [0.2, 0.25) is 10.0 Å². The summed E-state index contributed by atoms with van der Waals surface area (Å²) in [6.45, 7) is 2.66. The summed E-state index contributed by atoms with van der Waals surface area (Å²) in [6.07, 6.45) is -5.54. The van der Waals surface area contributed by atoms with Gasteiger partial charge in [-0.3, -0.25) is 14.3 Å². The second kappa shape index (κ2) is 13.5. The van der Waals surface area contributed by atoms with E-state index in [1.165, 1.54) is 41.5 Å². The Morgan fingerprint density at radius 1 is 1.08 bits per heavy atom. The average molecular weight is 715 g/mol. The first-order chi connectivity index (χ1) is 22.5. The normalized spacial score (nSPS) is 17.4. The molecule has 1 aromatic carbocycles. The quantitative estimate of drug-likeness (QED) is 0.264. The molecule has 19 heteroatoms. The third kappa shape index (κ3) is 7.95. The lowest BCUT2D eigenvalue weighted by molar-refractivity contribution is -0.165. The zero-order valence-electron chi connectivity index (χ0n) is 25.7. The van der Waals surface area contributed by atoms with Crippen LogP contribution >= 0.6 is 23.2 Å². The highest BCUT2D eigenvalue weighted by molar-refractivity contribution is 6.32. The third-order valence-corrected chi connectivity index (χ3v) is 7.62. The minimum Gasteiger partial charge on any atom is -0.444 e. The van der Waals surface area contributed by atoms with Crippen LogP contribution < -0.4 is 11.0 Å². The lowest BCUT2D eigenvalue weighted by Crippen LogP contribution is -2.55. The number of likely N-dealkylation sites (tertiary alicyclic amines) is 1. The fraction of sp³-hybridized carbons (Fsp3) is 0.414. The average Bonchev–Trinajstić information content (AvgIpc) is 3.70. The van der Waals surface area contributed by atoms with Crippen molar-refractivity contribution < 1.29 is 31.9 Å². The van der Waals surface area contributed by atoms with Crippen molar-refractivity contribution in [3.8, 4) is 17.2 Å². The Labute approximate surface area is 280 Å². The van der Waals surface area contributed by atoms with E-state index >= 15 is 0 Å². The number of carbonyl (C=O) groups is 2. The number of nitrogens with one attached hydrogen (secondary N) is 1. The van der Waals surface area contributed by atoms with E-state index in [1.807, 2.05) is 5.32 Å². The molecule has 3 atom stereocenters. The summed E-state index contributed by atoms with van der Waals surface area (Å²) in [6, 6.07) is 4.83. The van der Waals surface area contributed by atoms with Gasteiger partial charge in [0, 0.05) is 23.2 Å². The summed E-state index contributed by atoms with van der Waals surface area (Å²) in [5.74, 6) is -1.11. The van der Waals surface area contributed by atoms with Crippen molar-refractivity contribution in [1.82, 2.24) is 44.3 Å². The van der Waals surface area contributed by atoms with Crippen LogP contribution in [0, 0.1) is 0 Å². The molecule has 1 saturated heterocycles. The van der Waals surface area contributed by atoms with Gasteiger partial charge in [-0.15, -0.1) is 10.2 Å². The van der Waals surface area contributed by atoms with Crippen LogP contribution in [0.1, 0.15) is 33.0 Å². The van der Waals surface area contributed by atoms with Crippen LogP contribution in [0.15, 0.2) is 53.7 Å². The minimum absolute atomic E-state index is 0.0658. The number of pyridine rings is 1. The van der Waals surface area contributed by atoms with Gasteiger partial charge in [0.1, 0.15) is 36.7 Å². The van der Waals surface area contributed by atoms with Gasteiger partial charge in [0.25, 0.3) is 0 Å². The molecule has 5 rings (SSSR count). The predicted octanol–water partition coefficient (Wildman–Crippen LogP) is 4.44. The molecule has 256 valence electrons. The summed E-state index contributed by atoms with van der Waals surface area (Å²) >= 11 is 12.2. The van der Waals surface area contributed by atoms with Gasteiger partial charge in [0.2, 0.25) is 5.91 Å². The van der Waals surface area contributed by atoms with E-state index in [0.717, 1.165) is 14.1 Å². The van der Waals surface area contributed by atoms with Gasteiger partial charge in [-0.1, -0.05) is 23.2 Å². The molecule has 4 heterocycles. The lowest BCUT2D eigenvalue weighted by Gasteiger charge is -2.29. The zero-order valence-corrected chi connectivity index (χ0v) is 27.2. The number of aromatic nitrogens is 7. The van der Waals surface area contributed by atoms with Gasteiger partial charge in [-0.05, 0) is 57.2 Å². The Hall–Kier alpha value is -4.51. The molecule has 0 radical (unpaired) electrons. The maximum absolute atomic E-state index is 14.5. The standard InChI is InChI=1S/C29H29Cl2F4N9O4/c1-28(2,3)48-27(47)41-12-18(32)11-20(41)25(45)38-21(29(33,34)35)13-42-23(16-6-8-17(30)9-7-16)40-43(26(42)46)14-22-37-15-44(39-22)24-19(31)5-4-10-36-24/h4-10,15,18,20-21H,11-14H2,1-3H3,(H,38,45). The van der Waals surface area contributed by atoms with Crippen molar-refractivity contribution in [2.75, 3.05) is 6.54 Å². The van der Waals surface area contributed by atoms with E-state index in [1.54, 1.807) is 32.9 Å². The van der Waals surface area contributed by atoms with E-state index in [4.69, 9.17) is 27.9 Å². The first kappa shape index (κ1) is 34.8. The monoisotopic (exact) mass is 713 g/mol. The van der Waals surface area contributed by atoms with Gasteiger partial charge >= 0.3 is 18.0 Å². The van der Waals surface area contributed by atoms with Crippen molar-refractivity contribution in [2.45, 2.75) is 70.3 Å². The molecule has 1 fully saturated rings. The third-order valence-electron chi connectivity index (χ3n) is 7.07. The maximum Gasteiger partial charge on any atom is 0.411 e. The Morgan fingerprint density at radius 3 is 2.44 bits per heavy atom. The number of hydrogen-bond acceptors (Lipinski definition) is 8. The first-order valence-corrected chi connectivity index (χ1v) is 15.2. The highest BCUT2D eigenvalue weighted by Gasteiger charge is 2.47. The SMILES string of the molecule is CC(C)(C)OC(=O)N1CC(F)CC1C(=O)NC(Cn1c(-c2ccc(Cl)cc2)nn(Cc2ncn(-c3ncccc3Cl)n2)c1=O)C(F)(F)F. The smallest absolute Gasteiger partial charge is 0.411 e. The molecule has 3 unspecified atom stereocenters. The molecule has 3 aromatic heterocycles. The number of nitrogens with zero attached hydrogens (tertiary/aromatic N) is 8. The van der Waals surface area contributed by atoms with Crippen molar-refractivity contribution in [2.24, 2.45) is 0 Å². The summed E-state index contributed by atoms with van der Waals surface area (Å²) in [5, 5.41) is 11.0. The lowest BCUT2D eigenvalue weighted by atomic mass is 10.1. The van der Waals surface area contributed by atoms with Crippen molar-refractivity contribution in [3.63, 3.8) is 0 Å². The second-order valence-electron chi connectivity index (χ2n) is 11.9. The van der Waals surface area contributed by atoms with Crippen LogP contribution in [0.4, 0.5) is 22.4 Å². The molecule has 48 heavy (non-hydrogen) atoms. The first-order valence-electron chi connectivity index (χ1n) is 14.5. The Bertz CT molecular complexity index is 1850. The summed E-state index contributed by atoms with van der Waals surface area (Å²) in [5.41, 5.74) is -1.73. The van der Waals surface area contributed by atoms with Crippen LogP contribution in [-0.4, -0.2) is 87.6 Å².